The number of Topliss-reactive ketones (excluding diaryl/α,β-unsaturated/α-hetero) is 2. The van der Waals surface area contributed by atoms with Gasteiger partial charge in [0.15, 0.2) is 11.4 Å². The minimum atomic E-state index is -2.74. The van der Waals surface area contributed by atoms with Gasteiger partial charge in [-0.25, -0.2) is 4.79 Å². The molecule has 0 heterocycles. The molecule has 3 aliphatic carbocycles. The zero-order valence-electron chi connectivity index (χ0n) is 21.1. The molecule has 38 heavy (non-hydrogen) atoms. The predicted molar refractivity (Wildman–Crippen MR) is 133 cm³/mol. The lowest BCUT2D eigenvalue weighted by atomic mass is 9.57. The van der Waals surface area contributed by atoms with Gasteiger partial charge in [0.1, 0.15) is 22.8 Å². The van der Waals surface area contributed by atoms with Crippen LogP contribution in [-0.2, 0) is 25.6 Å². The van der Waals surface area contributed by atoms with Crippen LogP contribution < -0.4 is 10.6 Å². The summed E-state index contributed by atoms with van der Waals surface area (Å²) in [6, 6.07) is 0.284. The van der Waals surface area contributed by atoms with Crippen LogP contribution in [0.25, 0.3) is 5.76 Å². The zero-order valence-corrected chi connectivity index (χ0v) is 21.1. The molecule has 1 aromatic rings. The van der Waals surface area contributed by atoms with Crippen LogP contribution in [0.4, 0.5) is 5.69 Å². The number of fused-ring (bicyclic) bond motifs is 3. The Morgan fingerprint density at radius 3 is 2.29 bits per heavy atom. The van der Waals surface area contributed by atoms with Gasteiger partial charge in [-0.2, -0.15) is 0 Å². The molecular formula is C26H27N3O9. The lowest BCUT2D eigenvalue weighted by molar-refractivity contribution is -0.153. The Bertz CT molecular complexity index is 1440. The number of aliphatic hydroxyl groups is 3. The van der Waals surface area contributed by atoms with Crippen LogP contribution in [0.3, 0.4) is 0 Å². The minimum absolute atomic E-state index is 0.0417. The number of primary amides is 1. The number of anilines is 1. The van der Waals surface area contributed by atoms with Gasteiger partial charge in [-0.1, -0.05) is 5.92 Å². The van der Waals surface area contributed by atoms with Gasteiger partial charge in [0.2, 0.25) is 5.78 Å². The molecule has 0 aliphatic heterocycles. The second-order valence-corrected chi connectivity index (χ2v) is 10.1. The number of ketones is 2. The van der Waals surface area contributed by atoms with E-state index in [0.717, 1.165) is 0 Å². The van der Waals surface area contributed by atoms with E-state index < -0.39 is 69.8 Å². The van der Waals surface area contributed by atoms with E-state index in [2.05, 4.69) is 5.92 Å². The Kier molecular flexibility index (Phi) is 6.25. The van der Waals surface area contributed by atoms with Gasteiger partial charge in [0, 0.05) is 37.2 Å². The highest BCUT2D eigenvalue weighted by Crippen LogP contribution is 2.54. The molecule has 7 N–H and O–H groups in total. The summed E-state index contributed by atoms with van der Waals surface area (Å²) < 4.78 is 0. The zero-order chi connectivity index (χ0) is 28.4. The van der Waals surface area contributed by atoms with Crippen molar-refractivity contribution in [3.8, 4) is 17.6 Å². The third-order valence-electron chi connectivity index (χ3n) is 7.48. The molecular weight excluding hydrogens is 498 g/mol. The molecule has 0 radical (unpaired) electrons. The Morgan fingerprint density at radius 2 is 1.76 bits per heavy atom. The molecule has 0 saturated heterocycles. The summed E-state index contributed by atoms with van der Waals surface area (Å²) in [4.78, 5) is 53.1. The fraction of sp³-hybridized carbons (Fsp3) is 0.385. The maximum atomic E-state index is 13.9. The van der Waals surface area contributed by atoms with E-state index in [9.17, 15) is 39.6 Å². The average molecular weight is 526 g/mol. The number of hydrogen-bond donors (Lipinski definition) is 6. The van der Waals surface area contributed by atoms with E-state index in [-0.39, 0.29) is 29.5 Å². The quantitative estimate of drug-likeness (QED) is 0.219. The van der Waals surface area contributed by atoms with Crippen LogP contribution in [0.15, 0.2) is 23.0 Å². The van der Waals surface area contributed by atoms with Gasteiger partial charge in [0.25, 0.3) is 5.91 Å². The largest absolute Gasteiger partial charge is 0.508 e. The maximum absolute atomic E-state index is 13.9. The summed E-state index contributed by atoms with van der Waals surface area (Å²) in [5, 5.41) is 53.8. The molecule has 4 atom stereocenters. The van der Waals surface area contributed by atoms with Crippen molar-refractivity contribution < 1.29 is 44.7 Å². The number of hydrogen-bond acceptors (Lipinski definition) is 10. The monoisotopic (exact) mass is 525 g/mol. The first-order valence-corrected chi connectivity index (χ1v) is 11.6. The molecule has 1 fully saturated rings. The topological polar surface area (TPSA) is 202 Å². The van der Waals surface area contributed by atoms with E-state index in [4.69, 9.17) is 10.8 Å². The first-order chi connectivity index (χ1) is 17.6. The van der Waals surface area contributed by atoms with Crippen molar-refractivity contribution in [2.24, 2.45) is 17.6 Å². The van der Waals surface area contributed by atoms with Crippen molar-refractivity contribution in [3.05, 3.63) is 39.7 Å². The van der Waals surface area contributed by atoms with Crippen LogP contribution in [-0.4, -0.2) is 93.7 Å². The number of aliphatic carboxylic acids is 1. The number of rotatable bonds is 3. The molecule has 1 amide bonds. The fourth-order valence-electron chi connectivity index (χ4n) is 5.91. The Morgan fingerprint density at radius 1 is 1.13 bits per heavy atom. The summed E-state index contributed by atoms with van der Waals surface area (Å²) in [6.07, 6.45) is 0.0578. The van der Waals surface area contributed by atoms with E-state index in [1.807, 2.05) is 5.92 Å². The van der Waals surface area contributed by atoms with Crippen molar-refractivity contribution in [3.63, 3.8) is 0 Å². The molecule has 200 valence electrons. The lowest BCUT2D eigenvalue weighted by Crippen LogP contribution is -2.65. The average Bonchev–Trinajstić information content (AvgIpc) is 2.80. The second-order valence-electron chi connectivity index (χ2n) is 10.1. The molecule has 0 spiro atoms. The van der Waals surface area contributed by atoms with E-state index >= 15 is 0 Å². The third kappa shape index (κ3) is 3.62. The molecule has 1 saturated carbocycles. The molecule has 4 rings (SSSR count). The number of phenols is 1. The lowest BCUT2D eigenvalue weighted by Gasteiger charge is -2.50. The molecule has 12 heteroatoms. The summed E-state index contributed by atoms with van der Waals surface area (Å²) in [7, 11) is 6.43. The van der Waals surface area contributed by atoms with Gasteiger partial charge in [-0.3, -0.25) is 19.3 Å². The van der Waals surface area contributed by atoms with Gasteiger partial charge in [-0.15, -0.1) is 0 Å². The number of carbonyl (C=O) groups is 4. The van der Waals surface area contributed by atoms with Crippen molar-refractivity contribution in [2.45, 2.75) is 24.5 Å². The second kappa shape index (κ2) is 8.90. The number of phenolic OH excluding ortho intramolecular Hbond substituents is 1. The fourth-order valence-corrected chi connectivity index (χ4v) is 5.91. The predicted octanol–water partition coefficient (Wildman–Crippen LogP) is -0.534. The molecule has 3 aliphatic rings. The normalized spacial score (nSPS) is 26.3. The maximum Gasteiger partial charge on any atom is 0.382 e. The Hall–Kier alpha value is -4.34. The number of nitrogens with zero attached hydrogens (tertiary/aromatic N) is 2. The number of carboxylic acids is 1. The van der Waals surface area contributed by atoms with Crippen molar-refractivity contribution in [1.82, 2.24) is 4.90 Å². The SMILES string of the molecule is CN(C)c1cc(C#CC(=O)O)c(O)c2c1C[C@@H]1C[C@@H]3[C@@H](N(C)C)C(=O)C(C(N)=O)=C(O)[C@]3(O)C(=O)C1=C2O. The van der Waals surface area contributed by atoms with E-state index in [0.29, 0.717) is 11.3 Å². The summed E-state index contributed by atoms with van der Waals surface area (Å²) in [6.45, 7) is 0. The highest BCUT2D eigenvalue weighted by Gasteiger charge is 2.64. The van der Waals surface area contributed by atoms with Crippen LogP contribution in [0.5, 0.6) is 5.75 Å². The molecule has 1 aromatic carbocycles. The number of aromatic hydroxyl groups is 1. The number of carboxylic acid groups (broad SMARTS) is 1. The van der Waals surface area contributed by atoms with Gasteiger partial charge in [0.05, 0.1) is 17.2 Å². The van der Waals surface area contributed by atoms with Crippen molar-refractivity contribution in [2.75, 3.05) is 33.1 Å². The van der Waals surface area contributed by atoms with Crippen LogP contribution >= 0.6 is 0 Å². The molecule has 0 aromatic heterocycles. The number of benzene rings is 1. The summed E-state index contributed by atoms with van der Waals surface area (Å²) >= 11 is 0. The smallest absolute Gasteiger partial charge is 0.382 e. The first kappa shape index (κ1) is 26.7. The molecule has 12 nitrogen and oxygen atoms in total. The van der Waals surface area contributed by atoms with Gasteiger partial charge >= 0.3 is 5.97 Å². The number of likely N-dealkylation sites (N-methyl/N-ethyl adjacent to an activating group) is 1. The number of amides is 1. The van der Waals surface area contributed by atoms with Crippen LogP contribution in [0, 0.1) is 23.7 Å². The van der Waals surface area contributed by atoms with Crippen molar-refractivity contribution >= 4 is 34.9 Å². The Balaban J connectivity index is 2.02. The molecule has 0 bridgehead atoms. The van der Waals surface area contributed by atoms with Crippen LogP contribution in [0.2, 0.25) is 0 Å². The van der Waals surface area contributed by atoms with Crippen molar-refractivity contribution in [1.29, 1.82) is 0 Å². The number of aliphatic hydroxyl groups excluding tert-OH is 2. The van der Waals surface area contributed by atoms with Gasteiger partial charge < -0.3 is 36.2 Å². The summed E-state index contributed by atoms with van der Waals surface area (Å²) in [5.74, 6) is -4.82. The molecule has 0 unspecified atom stereocenters. The van der Waals surface area contributed by atoms with E-state index in [1.54, 1.807) is 19.0 Å². The van der Waals surface area contributed by atoms with E-state index in [1.165, 1.54) is 25.1 Å². The van der Waals surface area contributed by atoms with Crippen LogP contribution in [0.1, 0.15) is 23.1 Å². The minimum Gasteiger partial charge on any atom is -0.508 e. The Labute approximate surface area is 217 Å². The van der Waals surface area contributed by atoms with Gasteiger partial charge in [-0.05, 0) is 44.5 Å². The highest BCUT2D eigenvalue weighted by atomic mass is 16.4. The third-order valence-corrected chi connectivity index (χ3v) is 7.48. The number of carbonyl (C=O) groups excluding carboxylic acids is 3. The standard InChI is InChI=1S/C26H27N3O9/c1-28(2)14-9-10(5-6-15(30)31)20(32)17-12(14)7-11-8-13-19(29(3)4)22(34)18(25(27)37)24(36)26(13,38)23(35)16(11)21(17)33/h9,11,13,19,32-33,36,38H,7-8H2,1-4H3,(H2,27,37)(H,30,31)/t11-,13-,19-,26-/m1/s1. The highest BCUT2D eigenvalue weighted by molar-refractivity contribution is 6.24. The summed E-state index contributed by atoms with van der Waals surface area (Å²) in [5.41, 5.74) is 2.03. The number of nitrogens with two attached hydrogens (primary N) is 1. The first-order valence-electron chi connectivity index (χ1n) is 11.6.